The molecule has 4 N–H and O–H groups in total. The number of nitrogens with two attached hydrogens (primary N) is 1. The number of nitrogens with one attached hydrogen (secondary N) is 2. The Hall–Kier alpha value is -2.17. The summed E-state index contributed by atoms with van der Waals surface area (Å²) in [5.41, 5.74) is 3.59. The maximum atomic E-state index is 16.0. The standard InChI is InChI=1S/C21H21F3N4O2S/c1-7-10(25)5-26-6-21(7)4-9(21)11-14(22)15(23)12-17(16(11)24)28(8-2-3-8)20-13(18(12)29)19(30)27-31-20/h7-10,26H,2-6,25H2,1H3,(H,27,30)/t7?,9-,10?,21?/m0/s1. The van der Waals surface area contributed by atoms with Gasteiger partial charge in [0.05, 0.1) is 10.9 Å². The van der Waals surface area contributed by atoms with E-state index in [2.05, 4.69) is 9.69 Å². The molecule has 0 amide bonds. The van der Waals surface area contributed by atoms with Gasteiger partial charge in [0.2, 0.25) is 5.43 Å². The molecule has 2 saturated carbocycles. The number of rotatable bonds is 2. The third-order valence-corrected chi connectivity index (χ3v) is 8.57. The predicted molar refractivity (Wildman–Crippen MR) is 112 cm³/mol. The van der Waals surface area contributed by atoms with Gasteiger partial charge in [-0.1, -0.05) is 6.92 Å². The van der Waals surface area contributed by atoms with E-state index in [4.69, 9.17) is 5.73 Å². The number of aromatic nitrogens is 2. The van der Waals surface area contributed by atoms with Crippen molar-refractivity contribution in [2.45, 2.75) is 44.2 Å². The molecule has 31 heavy (non-hydrogen) atoms. The molecule has 0 radical (unpaired) electrons. The SMILES string of the molecule is CC1C(N)CNCC12C[C@H]2c1c(F)c(F)c2c(=O)c3c(=O)[nH]sc3n(C3CC3)c2c1F. The normalized spacial score (nSPS) is 30.5. The van der Waals surface area contributed by atoms with Gasteiger partial charge < -0.3 is 15.6 Å². The van der Waals surface area contributed by atoms with E-state index in [-0.39, 0.29) is 39.3 Å². The Balaban J connectivity index is 1.68. The average Bonchev–Trinajstić information content (AvgIpc) is 3.64. The molecule has 164 valence electrons. The summed E-state index contributed by atoms with van der Waals surface area (Å²) in [4.78, 5) is 25.4. The molecular weight excluding hydrogens is 429 g/mol. The Labute approximate surface area is 178 Å². The Kier molecular flexibility index (Phi) is 3.90. The van der Waals surface area contributed by atoms with Crippen LogP contribution in [0.2, 0.25) is 0 Å². The van der Waals surface area contributed by atoms with Crippen LogP contribution in [0.3, 0.4) is 0 Å². The molecule has 3 fully saturated rings. The lowest BCUT2D eigenvalue weighted by molar-refractivity contribution is 0.209. The number of hydrogen-bond acceptors (Lipinski definition) is 5. The third kappa shape index (κ3) is 2.41. The molecule has 4 atom stereocenters. The summed E-state index contributed by atoms with van der Waals surface area (Å²) in [7, 11) is 0. The zero-order chi connectivity index (χ0) is 21.8. The number of hydrogen-bond donors (Lipinski definition) is 3. The maximum Gasteiger partial charge on any atom is 0.271 e. The Morgan fingerprint density at radius 3 is 2.58 bits per heavy atom. The first-order valence-electron chi connectivity index (χ1n) is 10.5. The number of halogens is 3. The van der Waals surface area contributed by atoms with Crippen molar-refractivity contribution in [1.29, 1.82) is 0 Å². The molecule has 3 unspecified atom stereocenters. The average molecular weight is 450 g/mol. The Morgan fingerprint density at radius 1 is 1.13 bits per heavy atom. The quantitative estimate of drug-likeness (QED) is 0.524. The summed E-state index contributed by atoms with van der Waals surface area (Å²) in [6.45, 7) is 3.15. The van der Waals surface area contributed by atoms with Crippen LogP contribution in [-0.2, 0) is 0 Å². The van der Waals surface area contributed by atoms with Crippen LogP contribution in [0.1, 0.15) is 43.7 Å². The molecule has 3 heterocycles. The summed E-state index contributed by atoms with van der Waals surface area (Å²) in [6.07, 6.45) is 1.94. The van der Waals surface area contributed by atoms with Crippen LogP contribution in [0.5, 0.6) is 0 Å². The highest BCUT2D eigenvalue weighted by Crippen LogP contribution is 2.65. The van der Waals surface area contributed by atoms with E-state index in [1.165, 1.54) is 4.57 Å². The van der Waals surface area contributed by atoms with Crippen molar-refractivity contribution in [3.05, 3.63) is 43.6 Å². The Bertz CT molecular complexity index is 1390. The van der Waals surface area contributed by atoms with Crippen LogP contribution in [0.4, 0.5) is 13.2 Å². The first-order chi connectivity index (χ1) is 14.8. The number of nitrogens with zero attached hydrogens (tertiary/aromatic N) is 1. The predicted octanol–water partition coefficient (Wildman–Crippen LogP) is 2.70. The molecule has 6 nitrogen and oxygen atoms in total. The zero-order valence-corrected chi connectivity index (χ0v) is 17.5. The minimum Gasteiger partial charge on any atom is -0.326 e. The van der Waals surface area contributed by atoms with Gasteiger partial charge in [-0.05, 0) is 48.0 Å². The number of fused-ring (bicyclic) bond motifs is 2. The van der Waals surface area contributed by atoms with Crippen molar-refractivity contribution in [3.8, 4) is 0 Å². The fourth-order valence-electron chi connectivity index (χ4n) is 5.62. The topological polar surface area (TPSA) is 92.9 Å². The lowest BCUT2D eigenvalue weighted by Gasteiger charge is -2.36. The molecule has 3 aliphatic rings. The first kappa shape index (κ1) is 19.5. The lowest BCUT2D eigenvalue weighted by Crippen LogP contribution is -2.51. The number of pyridine rings is 1. The molecule has 1 aliphatic heterocycles. The monoisotopic (exact) mass is 450 g/mol. The smallest absolute Gasteiger partial charge is 0.271 e. The lowest BCUT2D eigenvalue weighted by atomic mass is 9.78. The van der Waals surface area contributed by atoms with E-state index in [1.807, 2.05) is 6.92 Å². The molecule has 1 saturated heterocycles. The van der Waals surface area contributed by atoms with Gasteiger partial charge in [0.1, 0.15) is 10.2 Å². The van der Waals surface area contributed by atoms with Gasteiger partial charge in [-0.25, -0.2) is 13.2 Å². The fraction of sp³-hybridized carbons (Fsp3) is 0.524. The van der Waals surface area contributed by atoms with Gasteiger partial charge >= 0.3 is 0 Å². The van der Waals surface area contributed by atoms with Gasteiger partial charge in [0.15, 0.2) is 17.5 Å². The van der Waals surface area contributed by atoms with Crippen LogP contribution in [0.15, 0.2) is 9.59 Å². The van der Waals surface area contributed by atoms with Crippen molar-refractivity contribution >= 4 is 32.7 Å². The van der Waals surface area contributed by atoms with E-state index in [0.29, 0.717) is 19.5 Å². The summed E-state index contributed by atoms with van der Waals surface area (Å²) < 4.78 is 50.7. The van der Waals surface area contributed by atoms with Gasteiger partial charge in [0.25, 0.3) is 5.56 Å². The number of piperidine rings is 1. The number of benzene rings is 1. The molecule has 1 spiro atoms. The largest absolute Gasteiger partial charge is 0.326 e. The highest BCUT2D eigenvalue weighted by Gasteiger charge is 2.62. The fourth-order valence-corrected chi connectivity index (χ4v) is 6.54. The van der Waals surface area contributed by atoms with Crippen LogP contribution in [0.25, 0.3) is 21.1 Å². The highest BCUT2D eigenvalue weighted by molar-refractivity contribution is 7.12. The van der Waals surface area contributed by atoms with Gasteiger partial charge in [-0.3, -0.25) is 14.0 Å². The second-order valence-corrected chi connectivity index (χ2v) is 10.1. The molecule has 0 bridgehead atoms. The minimum absolute atomic E-state index is 0.0133. The summed E-state index contributed by atoms with van der Waals surface area (Å²) in [5.74, 6) is -4.11. The molecule has 10 heteroatoms. The molecule has 2 aliphatic carbocycles. The second kappa shape index (κ2) is 6.20. The second-order valence-electron chi connectivity index (χ2n) is 9.30. The van der Waals surface area contributed by atoms with E-state index < -0.39 is 45.2 Å². The molecule has 3 aromatic rings. The number of H-pyrrole nitrogens is 1. The zero-order valence-electron chi connectivity index (χ0n) is 16.7. The summed E-state index contributed by atoms with van der Waals surface area (Å²) >= 11 is 0.925. The molecule has 1 aromatic carbocycles. The van der Waals surface area contributed by atoms with Crippen molar-refractivity contribution < 1.29 is 13.2 Å². The van der Waals surface area contributed by atoms with E-state index in [9.17, 15) is 9.59 Å². The van der Waals surface area contributed by atoms with Gasteiger partial charge in [-0.15, -0.1) is 0 Å². The van der Waals surface area contributed by atoms with Crippen molar-refractivity contribution in [1.82, 2.24) is 14.3 Å². The third-order valence-electron chi connectivity index (χ3n) is 7.69. The van der Waals surface area contributed by atoms with E-state index >= 15 is 13.2 Å². The van der Waals surface area contributed by atoms with Crippen molar-refractivity contribution in [2.75, 3.05) is 13.1 Å². The van der Waals surface area contributed by atoms with Crippen LogP contribution in [0, 0.1) is 28.8 Å². The first-order valence-corrected chi connectivity index (χ1v) is 11.3. The van der Waals surface area contributed by atoms with Gasteiger partial charge in [-0.2, -0.15) is 0 Å². The van der Waals surface area contributed by atoms with Crippen LogP contribution >= 0.6 is 11.5 Å². The summed E-state index contributed by atoms with van der Waals surface area (Å²) in [6, 6.07) is -0.308. The van der Waals surface area contributed by atoms with Gasteiger partial charge in [0, 0.05) is 30.7 Å². The van der Waals surface area contributed by atoms with E-state index in [0.717, 1.165) is 24.4 Å². The van der Waals surface area contributed by atoms with E-state index in [1.54, 1.807) is 0 Å². The minimum atomic E-state index is -1.37. The molecule has 6 rings (SSSR count). The summed E-state index contributed by atoms with van der Waals surface area (Å²) in [5, 5.41) is 2.31. The maximum absolute atomic E-state index is 16.0. The number of aromatic amines is 1. The molecular formula is C21H21F3N4O2S. The van der Waals surface area contributed by atoms with Crippen LogP contribution in [-0.4, -0.2) is 28.1 Å². The van der Waals surface area contributed by atoms with Crippen molar-refractivity contribution in [2.24, 2.45) is 17.1 Å². The van der Waals surface area contributed by atoms with Crippen LogP contribution < -0.4 is 22.0 Å². The Morgan fingerprint density at radius 2 is 1.87 bits per heavy atom. The molecule has 2 aromatic heterocycles. The highest BCUT2D eigenvalue weighted by atomic mass is 32.1. The van der Waals surface area contributed by atoms with Crippen molar-refractivity contribution in [3.63, 3.8) is 0 Å².